The number of benzene rings is 2. The molecule has 0 saturated heterocycles. The SMILES string of the molecule is OC(Cn1cncn1)Cn1c2ccccc2c2ccc(Br)cc21. The lowest BCUT2D eigenvalue weighted by Crippen LogP contribution is -2.22. The van der Waals surface area contributed by atoms with E-state index in [4.69, 9.17) is 0 Å². The number of hydrogen-bond acceptors (Lipinski definition) is 3. The average molecular weight is 371 g/mol. The minimum absolute atomic E-state index is 0.419. The summed E-state index contributed by atoms with van der Waals surface area (Å²) in [5.41, 5.74) is 2.23. The van der Waals surface area contributed by atoms with Gasteiger partial charge in [-0.3, -0.25) is 4.68 Å². The monoisotopic (exact) mass is 370 g/mol. The van der Waals surface area contributed by atoms with Gasteiger partial charge in [0.2, 0.25) is 0 Å². The van der Waals surface area contributed by atoms with Crippen LogP contribution in [-0.4, -0.2) is 30.5 Å². The van der Waals surface area contributed by atoms with Crippen LogP contribution in [0, 0.1) is 0 Å². The summed E-state index contributed by atoms with van der Waals surface area (Å²) in [6.07, 6.45) is 2.55. The number of aromatic nitrogens is 4. The highest BCUT2D eigenvalue weighted by Gasteiger charge is 2.14. The second-order valence-corrected chi connectivity index (χ2v) is 6.48. The summed E-state index contributed by atoms with van der Waals surface area (Å²) in [5.74, 6) is 0. The lowest BCUT2D eigenvalue weighted by molar-refractivity contribution is 0.132. The Hall–Kier alpha value is -2.18. The predicted molar refractivity (Wildman–Crippen MR) is 93.2 cm³/mol. The van der Waals surface area contributed by atoms with Gasteiger partial charge in [-0.1, -0.05) is 40.2 Å². The van der Waals surface area contributed by atoms with E-state index in [-0.39, 0.29) is 0 Å². The zero-order valence-electron chi connectivity index (χ0n) is 12.3. The van der Waals surface area contributed by atoms with Gasteiger partial charge in [-0.2, -0.15) is 5.10 Å². The molecule has 0 saturated carbocycles. The van der Waals surface area contributed by atoms with Crippen molar-refractivity contribution in [2.45, 2.75) is 19.2 Å². The standard InChI is InChI=1S/C17H15BrN4O/c18-12-5-6-15-14-3-1-2-4-16(14)22(17(15)7-12)9-13(23)8-21-11-19-10-20-21/h1-7,10-11,13,23H,8-9H2. The van der Waals surface area contributed by atoms with Crippen LogP contribution < -0.4 is 0 Å². The highest BCUT2D eigenvalue weighted by atomic mass is 79.9. The molecule has 0 fully saturated rings. The van der Waals surface area contributed by atoms with Crippen LogP contribution in [0.15, 0.2) is 59.6 Å². The Morgan fingerprint density at radius 3 is 2.70 bits per heavy atom. The Bertz CT molecular complexity index is 961. The topological polar surface area (TPSA) is 55.9 Å². The Morgan fingerprint density at radius 2 is 1.87 bits per heavy atom. The summed E-state index contributed by atoms with van der Waals surface area (Å²) in [6.45, 7) is 0.919. The van der Waals surface area contributed by atoms with Crippen molar-refractivity contribution in [1.82, 2.24) is 19.3 Å². The van der Waals surface area contributed by atoms with E-state index >= 15 is 0 Å². The molecule has 2 aromatic heterocycles. The number of para-hydroxylation sites is 1. The van der Waals surface area contributed by atoms with Crippen molar-refractivity contribution in [2.24, 2.45) is 0 Å². The molecule has 1 atom stereocenters. The molecule has 6 heteroatoms. The minimum Gasteiger partial charge on any atom is -0.389 e. The summed E-state index contributed by atoms with van der Waals surface area (Å²) >= 11 is 3.54. The Balaban J connectivity index is 1.79. The van der Waals surface area contributed by atoms with Crippen molar-refractivity contribution in [2.75, 3.05) is 0 Å². The first kappa shape index (κ1) is 14.4. The maximum Gasteiger partial charge on any atom is 0.137 e. The maximum atomic E-state index is 10.5. The van der Waals surface area contributed by atoms with Crippen molar-refractivity contribution in [3.8, 4) is 0 Å². The molecule has 0 aliphatic rings. The lowest BCUT2D eigenvalue weighted by atomic mass is 10.2. The number of aliphatic hydroxyl groups is 1. The predicted octanol–water partition coefficient (Wildman–Crippen LogP) is 3.21. The summed E-state index contributed by atoms with van der Waals surface area (Å²) in [7, 11) is 0. The van der Waals surface area contributed by atoms with Crippen molar-refractivity contribution in [1.29, 1.82) is 0 Å². The fraction of sp³-hybridized carbons (Fsp3) is 0.176. The van der Waals surface area contributed by atoms with E-state index in [0.717, 1.165) is 15.5 Å². The molecule has 2 aromatic carbocycles. The van der Waals surface area contributed by atoms with Crippen molar-refractivity contribution in [3.05, 3.63) is 59.6 Å². The first-order valence-corrected chi connectivity index (χ1v) is 8.18. The Morgan fingerprint density at radius 1 is 1.04 bits per heavy atom. The van der Waals surface area contributed by atoms with Gasteiger partial charge in [0.1, 0.15) is 12.7 Å². The molecule has 4 aromatic rings. The van der Waals surface area contributed by atoms with E-state index in [1.54, 1.807) is 11.0 Å². The molecule has 0 bridgehead atoms. The van der Waals surface area contributed by atoms with Crippen molar-refractivity contribution >= 4 is 37.7 Å². The molecule has 5 nitrogen and oxygen atoms in total. The van der Waals surface area contributed by atoms with Crippen LogP contribution in [0.25, 0.3) is 21.8 Å². The van der Waals surface area contributed by atoms with Crippen LogP contribution in [0.5, 0.6) is 0 Å². The fourth-order valence-electron chi connectivity index (χ4n) is 3.03. The number of halogens is 1. The van der Waals surface area contributed by atoms with Gasteiger partial charge in [0, 0.05) is 20.8 Å². The normalized spacial score (nSPS) is 13.0. The van der Waals surface area contributed by atoms with E-state index in [0.29, 0.717) is 13.1 Å². The molecule has 0 amide bonds. The average Bonchev–Trinajstić information content (AvgIpc) is 3.15. The van der Waals surface area contributed by atoms with Crippen LogP contribution in [0.2, 0.25) is 0 Å². The van der Waals surface area contributed by atoms with Gasteiger partial charge in [0.15, 0.2) is 0 Å². The smallest absolute Gasteiger partial charge is 0.137 e. The van der Waals surface area contributed by atoms with Gasteiger partial charge in [-0.15, -0.1) is 0 Å². The molecule has 4 rings (SSSR count). The molecule has 1 unspecified atom stereocenters. The fourth-order valence-corrected chi connectivity index (χ4v) is 3.38. The number of fused-ring (bicyclic) bond motifs is 3. The number of aliphatic hydroxyl groups excluding tert-OH is 1. The van der Waals surface area contributed by atoms with Gasteiger partial charge in [-0.05, 0) is 18.2 Å². The van der Waals surface area contributed by atoms with Gasteiger partial charge < -0.3 is 9.67 Å². The first-order valence-electron chi connectivity index (χ1n) is 7.39. The summed E-state index contributed by atoms with van der Waals surface area (Å²) < 4.78 is 4.84. The van der Waals surface area contributed by atoms with Crippen LogP contribution in [0.1, 0.15) is 0 Å². The molecule has 116 valence electrons. The van der Waals surface area contributed by atoms with E-state index in [1.807, 2.05) is 18.2 Å². The zero-order valence-corrected chi connectivity index (χ0v) is 13.9. The molecule has 0 aliphatic heterocycles. The Kier molecular flexibility index (Phi) is 3.63. The molecular weight excluding hydrogens is 356 g/mol. The highest BCUT2D eigenvalue weighted by Crippen LogP contribution is 2.31. The molecular formula is C17H15BrN4O. The van der Waals surface area contributed by atoms with Crippen LogP contribution in [0.3, 0.4) is 0 Å². The van der Waals surface area contributed by atoms with Gasteiger partial charge in [0.25, 0.3) is 0 Å². The maximum absolute atomic E-state index is 10.5. The van der Waals surface area contributed by atoms with Crippen molar-refractivity contribution in [3.63, 3.8) is 0 Å². The molecule has 0 aliphatic carbocycles. The third-order valence-electron chi connectivity index (χ3n) is 3.99. The molecule has 1 N–H and O–H groups in total. The molecule has 23 heavy (non-hydrogen) atoms. The van der Waals surface area contributed by atoms with E-state index in [1.165, 1.54) is 17.1 Å². The van der Waals surface area contributed by atoms with E-state index in [9.17, 15) is 5.11 Å². The van der Waals surface area contributed by atoms with Gasteiger partial charge in [-0.25, -0.2) is 4.98 Å². The summed E-state index contributed by atoms with van der Waals surface area (Å²) in [5, 5.41) is 16.9. The van der Waals surface area contributed by atoms with E-state index < -0.39 is 6.10 Å². The quantitative estimate of drug-likeness (QED) is 0.599. The van der Waals surface area contributed by atoms with Crippen LogP contribution in [0.4, 0.5) is 0 Å². The molecule has 0 spiro atoms. The van der Waals surface area contributed by atoms with Crippen LogP contribution >= 0.6 is 15.9 Å². The lowest BCUT2D eigenvalue weighted by Gasteiger charge is -2.14. The molecule has 0 radical (unpaired) electrons. The third kappa shape index (κ3) is 2.64. The third-order valence-corrected chi connectivity index (χ3v) is 4.49. The summed E-state index contributed by atoms with van der Waals surface area (Å²) in [4.78, 5) is 3.91. The highest BCUT2D eigenvalue weighted by molar-refractivity contribution is 9.10. The second kappa shape index (κ2) is 5.79. The minimum atomic E-state index is -0.547. The van der Waals surface area contributed by atoms with Crippen molar-refractivity contribution < 1.29 is 5.11 Å². The largest absolute Gasteiger partial charge is 0.389 e. The number of hydrogen-bond donors (Lipinski definition) is 1. The first-order chi connectivity index (χ1) is 11.2. The van der Waals surface area contributed by atoms with Gasteiger partial charge >= 0.3 is 0 Å². The van der Waals surface area contributed by atoms with E-state index in [2.05, 4.69) is 54.8 Å². The number of nitrogens with zero attached hydrogens (tertiary/aromatic N) is 4. The summed E-state index contributed by atoms with van der Waals surface area (Å²) in [6, 6.07) is 14.5. The van der Waals surface area contributed by atoms with Crippen LogP contribution in [-0.2, 0) is 13.1 Å². The zero-order chi connectivity index (χ0) is 15.8. The molecule has 2 heterocycles. The van der Waals surface area contributed by atoms with Gasteiger partial charge in [0.05, 0.1) is 24.7 Å². The second-order valence-electron chi connectivity index (χ2n) is 5.56. The number of rotatable bonds is 4. The Labute approximate surface area is 141 Å².